The highest BCUT2D eigenvalue weighted by atomic mass is 79.9. The molecule has 17 heavy (non-hydrogen) atoms. The summed E-state index contributed by atoms with van der Waals surface area (Å²) in [6, 6.07) is 4.95. The van der Waals surface area contributed by atoms with Crippen molar-refractivity contribution in [3.8, 4) is 5.75 Å². The maximum atomic E-state index is 11.1. The Balaban J connectivity index is 2.23. The van der Waals surface area contributed by atoms with Crippen molar-refractivity contribution in [2.45, 2.75) is 25.4 Å². The Morgan fingerprint density at radius 3 is 2.94 bits per heavy atom. The van der Waals surface area contributed by atoms with Gasteiger partial charge in [0.05, 0.1) is 0 Å². The highest BCUT2D eigenvalue weighted by molar-refractivity contribution is 9.10. The second kappa shape index (κ2) is 5.36. The van der Waals surface area contributed by atoms with Gasteiger partial charge in [-0.2, -0.15) is 0 Å². The van der Waals surface area contributed by atoms with E-state index >= 15 is 0 Å². The molecule has 1 aromatic carbocycles. The second-order valence-electron chi connectivity index (χ2n) is 3.96. The van der Waals surface area contributed by atoms with Crippen LogP contribution in [0.3, 0.4) is 0 Å². The molecule has 1 aliphatic rings. The lowest BCUT2D eigenvalue weighted by Gasteiger charge is -2.19. The van der Waals surface area contributed by atoms with Crippen molar-refractivity contribution < 1.29 is 14.6 Å². The molecule has 1 aliphatic carbocycles. The van der Waals surface area contributed by atoms with Gasteiger partial charge in [0.1, 0.15) is 17.4 Å². The summed E-state index contributed by atoms with van der Waals surface area (Å²) in [7, 11) is 0. The van der Waals surface area contributed by atoms with E-state index in [1.54, 1.807) is 18.2 Å². The third-order valence-electron chi connectivity index (χ3n) is 2.66. The summed E-state index contributed by atoms with van der Waals surface area (Å²) in [5.74, 6) is -0.546. The van der Waals surface area contributed by atoms with E-state index in [9.17, 15) is 4.79 Å². The Labute approximate surface area is 108 Å². The van der Waals surface area contributed by atoms with Crippen LogP contribution in [0, 0.1) is 0 Å². The zero-order valence-electron chi connectivity index (χ0n) is 9.23. The summed E-state index contributed by atoms with van der Waals surface area (Å²) in [5, 5.41) is 9.07. The summed E-state index contributed by atoms with van der Waals surface area (Å²) < 4.78 is 6.55. The van der Waals surface area contributed by atoms with Crippen LogP contribution in [0.4, 0.5) is 0 Å². The molecule has 90 valence electrons. The summed E-state index contributed by atoms with van der Waals surface area (Å²) >= 11 is 3.32. The molecule has 4 heteroatoms. The molecule has 0 saturated carbocycles. The molecule has 0 aliphatic heterocycles. The SMILES string of the molecule is O=C(O)c1ccc(Br)cc1OC1C=CCCC1. The van der Waals surface area contributed by atoms with Crippen molar-refractivity contribution in [3.05, 3.63) is 40.4 Å². The molecule has 0 radical (unpaired) electrons. The van der Waals surface area contributed by atoms with Crippen molar-refractivity contribution in [1.29, 1.82) is 0 Å². The maximum Gasteiger partial charge on any atom is 0.339 e. The van der Waals surface area contributed by atoms with Crippen LogP contribution in [-0.2, 0) is 0 Å². The van der Waals surface area contributed by atoms with Crippen molar-refractivity contribution in [3.63, 3.8) is 0 Å². The quantitative estimate of drug-likeness (QED) is 0.866. The van der Waals surface area contributed by atoms with E-state index in [4.69, 9.17) is 9.84 Å². The van der Waals surface area contributed by atoms with Gasteiger partial charge in [0.15, 0.2) is 0 Å². The number of carboxylic acid groups (broad SMARTS) is 1. The molecule has 0 saturated heterocycles. The van der Waals surface area contributed by atoms with Crippen LogP contribution in [0.2, 0.25) is 0 Å². The van der Waals surface area contributed by atoms with Crippen LogP contribution in [-0.4, -0.2) is 17.2 Å². The van der Waals surface area contributed by atoms with Gasteiger partial charge in [-0.25, -0.2) is 4.79 Å². The van der Waals surface area contributed by atoms with Gasteiger partial charge in [-0.3, -0.25) is 0 Å². The molecule has 0 spiro atoms. The Morgan fingerprint density at radius 1 is 1.47 bits per heavy atom. The van der Waals surface area contributed by atoms with Gasteiger partial charge in [-0.15, -0.1) is 0 Å². The van der Waals surface area contributed by atoms with E-state index in [2.05, 4.69) is 22.0 Å². The lowest BCUT2D eigenvalue weighted by molar-refractivity contribution is 0.0690. The van der Waals surface area contributed by atoms with Crippen molar-refractivity contribution in [2.75, 3.05) is 0 Å². The summed E-state index contributed by atoms with van der Waals surface area (Å²) in [6.07, 6.45) is 7.14. The average Bonchev–Trinajstić information content (AvgIpc) is 2.30. The molecule has 0 heterocycles. The third kappa shape index (κ3) is 3.09. The van der Waals surface area contributed by atoms with Crippen LogP contribution in [0.15, 0.2) is 34.8 Å². The first-order valence-corrected chi connectivity index (χ1v) is 6.32. The fourth-order valence-corrected chi connectivity index (χ4v) is 2.15. The van der Waals surface area contributed by atoms with Crippen LogP contribution < -0.4 is 4.74 Å². The molecule has 1 N–H and O–H groups in total. The van der Waals surface area contributed by atoms with Gasteiger partial charge in [0.25, 0.3) is 0 Å². The Hall–Kier alpha value is -1.29. The first-order valence-electron chi connectivity index (χ1n) is 5.53. The molecule has 3 nitrogen and oxygen atoms in total. The summed E-state index contributed by atoms with van der Waals surface area (Å²) in [6.45, 7) is 0. The van der Waals surface area contributed by atoms with E-state index in [0.29, 0.717) is 5.75 Å². The molecule has 0 aromatic heterocycles. The maximum absolute atomic E-state index is 11.1. The predicted octanol–water partition coefficient (Wildman–Crippen LogP) is 3.63. The van der Waals surface area contributed by atoms with Crippen molar-refractivity contribution >= 4 is 21.9 Å². The number of hydrogen-bond donors (Lipinski definition) is 1. The van der Waals surface area contributed by atoms with Gasteiger partial charge in [0, 0.05) is 4.47 Å². The minimum Gasteiger partial charge on any atom is -0.485 e. The predicted molar refractivity (Wildman–Crippen MR) is 68.5 cm³/mol. The van der Waals surface area contributed by atoms with Gasteiger partial charge in [-0.05, 0) is 43.5 Å². The Morgan fingerprint density at radius 2 is 2.29 bits per heavy atom. The topological polar surface area (TPSA) is 46.5 Å². The molecule has 0 amide bonds. The zero-order valence-corrected chi connectivity index (χ0v) is 10.8. The Bertz CT molecular complexity index is 454. The summed E-state index contributed by atoms with van der Waals surface area (Å²) in [5.41, 5.74) is 0.201. The number of hydrogen-bond acceptors (Lipinski definition) is 2. The van der Waals surface area contributed by atoms with E-state index in [0.717, 1.165) is 23.7 Å². The highest BCUT2D eigenvalue weighted by Gasteiger charge is 2.16. The van der Waals surface area contributed by atoms with Crippen LogP contribution in [0.25, 0.3) is 0 Å². The van der Waals surface area contributed by atoms with E-state index in [-0.39, 0.29) is 11.7 Å². The standard InChI is InChI=1S/C13H13BrO3/c14-9-6-7-11(13(15)16)12(8-9)17-10-4-2-1-3-5-10/h2,4,6-8,10H,1,3,5H2,(H,15,16). The van der Waals surface area contributed by atoms with E-state index in [1.165, 1.54) is 0 Å². The largest absolute Gasteiger partial charge is 0.485 e. The molecule has 0 bridgehead atoms. The minimum atomic E-state index is -0.965. The number of aromatic carboxylic acids is 1. The molecule has 1 aromatic rings. The van der Waals surface area contributed by atoms with Gasteiger partial charge in [0.2, 0.25) is 0 Å². The number of allylic oxidation sites excluding steroid dienone is 1. The van der Waals surface area contributed by atoms with Gasteiger partial charge in [-0.1, -0.05) is 22.0 Å². The monoisotopic (exact) mass is 296 g/mol. The Kier molecular flexibility index (Phi) is 3.84. The molecular formula is C13H13BrO3. The smallest absolute Gasteiger partial charge is 0.339 e. The number of carboxylic acids is 1. The number of carbonyl (C=O) groups is 1. The molecule has 1 atom stereocenters. The average molecular weight is 297 g/mol. The first kappa shape index (κ1) is 12.2. The van der Waals surface area contributed by atoms with Crippen molar-refractivity contribution in [2.24, 2.45) is 0 Å². The minimum absolute atomic E-state index is 0.0175. The number of ether oxygens (including phenoxy) is 1. The third-order valence-corrected chi connectivity index (χ3v) is 3.16. The lowest BCUT2D eigenvalue weighted by Crippen LogP contribution is -2.17. The van der Waals surface area contributed by atoms with Gasteiger partial charge >= 0.3 is 5.97 Å². The van der Waals surface area contributed by atoms with Crippen LogP contribution in [0.1, 0.15) is 29.6 Å². The van der Waals surface area contributed by atoms with Crippen LogP contribution in [0.5, 0.6) is 5.75 Å². The number of rotatable bonds is 3. The number of halogens is 1. The van der Waals surface area contributed by atoms with Gasteiger partial charge < -0.3 is 9.84 Å². The number of benzene rings is 1. The van der Waals surface area contributed by atoms with E-state index < -0.39 is 5.97 Å². The highest BCUT2D eigenvalue weighted by Crippen LogP contribution is 2.26. The molecule has 2 rings (SSSR count). The van der Waals surface area contributed by atoms with E-state index in [1.807, 2.05) is 6.08 Å². The summed E-state index contributed by atoms with van der Waals surface area (Å²) in [4.78, 5) is 11.1. The van der Waals surface area contributed by atoms with Crippen molar-refractivity contribution in [1.82, 2.24) is 0 Å². The second-order valence-corrected chi connectivity index (χ2v) is 4.88. The fraction of sp³-hybridized carbons (Fsp3) is 0.308. The molecular weight excluding hydrogens is 284 g/mol. The lowest BCUT2D eigenvalue weighted by atomic mass is 10.1. The fourth-order valence-electron chi connectivity index (χ4n) is 1.81. The van der Waals surface area contributed by atoms with Crippen LogP contribution >= 0.6 is 15.9 Å². The first-order chi connectivity index (χ1) is 8.16. The normalized spacial score (nSPS) is 19.0. The molecule has 0 fully saturated rings. The molecule has 1 unspecified atom stereocenters. The zero-order chi connectivity index (χ0) is 12.3.